The lowest BCUT2D eigenvalue weighted by atomic mass is 9.74. The second kappa shape index (κ2) is 7.49. The van der Waals surface area contributed by atoms with Gasteiger partial charge in [-0.05, 0) is 37.5 Å². The molecule has 3 rings (SSSR count). The summed E-state index contributed by atoms with van der Waals surface area (Å²) in [6, 6.07) is 18.7. The zero-order chi connectivity index (χ0) is 16.8. The highest BCUT2D eigenvalue weighted by Gasteiger charge is 2.34. The first-order valence-electron chi connectivity index (χ1n) is 8.45. The number of aliphatic imine (C=N–C) groups is 1. The summed E-state index contributed by atoms with van der Waals surface area (Å²) >= 11 is 0. The summed E-state index contributed by atoms with van der Waals surface area (Å²) in [5.41, 5.74) is 9.62. The first kappa shape index (κ1) is 16.5. The lowest BCUT2D eigenvalue weighted by Gasteiger charge is -2.36. The maximum atomic E-state index is 6.11. The number of benzene rings is 2. The Hall–Kier alpha value is -2.33. The SMILES string of the molecule is Cc1ccc(NC(N)=NCC2(c3ccccc3)CCOCC2)cc1. The fourth-order valence-corrected chi connectivity index (χ4v) is 3.15. The maximum Gasteiger partial charge on any atom is 0.193 e. The number of nitrogens with one attached hydrogen (secondary N) is 1. The third-order valence-electron chi connectivity index (χ3n) is 4.71. The van der Waals surface area contributed by atoms with E-state index < -0.39 is 0 Å². The molecule has 126 valence electrons. The molecule has 1 saturated heterocycles. The topological polar surface area (TPSA) is 59.6 Å². The maximum absolute atomic E-state index is 6.11. The monoisotopic (exact) mass is 323 g/mol. The minimum absolute atomic E-state index is 0.0130. The number of nitrogens with two attached hydrogens (primary N) is 1. The second-order valence-corrected chi connectivity index (χ2v) is 6.45. The Labute approximate surface area is 143 Å². The smallest absolute Gasteiger partial charge is 0.193 e. The molecule has 3 N–H and O–H groups in total. The molecule has 1 aliphatic heterocycles. The van der Waals surface area contributed by atoms with Gasteiger partial charge in [-0.3, -0.25) is 4.99 Å². The zero-order valence-corrected chi connectivity index (χ0v) is 14.2. The third-order valence-corrected chi connectivity index (χ3v) is 4.71. The molecule has 0 aromatic heterocycles. The van der Waals surface area contributed by atoms with Gasteiger partial charge in [0.15, 0.2) is 5.96 Å². The second-order valence-electron chi connectivity index (χ2n) is 6.45. The largest absolute Gasteiger partial charge is 0.381 e. The minimum atomic E-state index is 0.0130. The van der Waals surface area contributed by atoms with Crippen molar-refractivity contribution in [3.63, 3.8) is 0 Å². The number of ether oxygens (including phenoxy) is 1. The van der Waals surface area contributed by atoms with Crippen molar-refractivity contribution in [2.75, 3.05) is 25.1 Å². The van der Waals surface area contributed by atoms with E-state index in [0.717, 1.165) is 31.7 Å². The highest BCUT2D eigenvalue weighted by atomic mass is 16.5. The number of nitrogens with zero attached hydrogens (tertiary/aromatic N) is 1. The van der Waals surface area contributed by atoms with E-state index in [1.807, 2.05) is 18.2 Å². The molecular formula is C20H25N3O. The van der Waals surface area contributed by atoms with Crippen LogP contribution < -0.4 is 11.1 Å². The Balaban J connectivity index is 1.74. The van der Waals surface area contributed by atoms with Crippen LogP contribution in [0.4, 0.5) is 5.69 Å². The average Bonchev–Trinajstić information content (AvgIpc) is 2.63. The van der Waals surface area contributed by atoms with Crippen molar-refractivity contribution in [2.24, 2.45) is 10.7 Å². The molecule has 1 fully saturated rings. The molecule has 1 heterocycles. The standard InChI is InChI=1S/C20H25N3O/c1-16-7-9-18(10-8-16)23-19(21)22-15-20(11-13-24-14-12-20)17-5-3-2-4-6-17/h2-10H,11-15H2,1H3,(H3,21,22,23). The van der Waals surface area contributed by atoms with Crippen LogP contribution in [0.25, 0.3) is 0 Å². The Morgan fingerprint density at radius 1 is 1.08 bits per heavy atom. The van der Waals surface area contributed by atoms with Gasteiger partial charge in [0.2, 0.25) is 0 Å². The Morgan fingerprint density at radius 2 is 1.75 bits per heavy atom. The lowest BCUT2D eigenvalue weighted by Crippen LogP contribution is -2.38. The molecule has 0 aliphatic carbocycles. The molecule has 0 saturated carbocycles. The van der Waals surface area contributed by atoms with Gasteiger partial charge in [0, 0.05) is 24.3 Å². The lowest BCUT2D eigenvalue weighted by molar-refractivity contribution is 0.0531. The van der Waals surface area contributed by atoms with Gasteiger partial charge >= 0.3 is 0 Å². The quantitative estimate of drug-likeness (QED) is 0.669. The summed E-state index contributed by atoms with van der Waals surface area (Å²) in [5.74, 6) is 0.459. The molecule has 0 atom stereocenters. The number of anilines is 1. The van der Waals surface area contributed by atoms with E-state index in [0.29, 0.717) is 12.5 Å². The van der Waals surface area contributed by atoms with Crippen LogP contribution in [0.15, 0.2) is 59.6 Å². The van der Waals surface area contributed by atoms with Crippen LogP contribution >= 0.6 is 0 Å². The number of aryl methyl sites for hydroxylation is 1. The fraction of sp³-hybridized carbons (Fsp3) is 0.350. The van der Waals surface area contributed by atoms with Gasteiger partial charge in [0.25, 0.3) is 0 Å². The number of hydrogen-bond acceptors (Lipinski definition) is 2. The van der Waals surface area contributed by atoms with Crippen molar-refractivity contribution in [3.8, 4) is 0 Å². The van der Waals surface area contributed by atoms with Gasteiger partial charge in [-0.25, -0.2) is 0 Å². The van der Waals surface area contributed by atoms with E-state index in [-0.39, 0.29) is 5.41 Å². The van der Waals surface area contributed by atoms with Crippen LogP contribution in [-0.2, 0) is 10.2 Å². The molecule has 0 unspecified atom stereocenters. The van der Waals surface area contributed by atoms with E-state index >= 15 is 0 Å². The van der Waals surface area contributed by atoms with E-state index in [1.54, 1.807) is 0 Å². The molecule has 0 amide bonds. The molecular weight excluding hydrogens is 298 g/mol. The predicted octanol–water partition coefficient (Wildman–Crippen LogP) is 3.47. The van der Waals surface area contributed by atoms with Gasteiger partial charge in [-0.2, -0.15) is 0 Å². The fourth-order valence-electron chi connectivity index (χ4n) is 3.15. The first-order chi connectivity index (χ1) is 11.7. The highest BCUT2D eigenvalue weighted by molar-refractivity contribution is 5.92. The molecule has 24 heavy (non-hydrogen) atoms. The summed E-state index contributed by atoms with van der Waals surface area (Å²) in [5, 5.41) is 3.17. The molecule has 0 spiro atoms. The molecule has 0 bridgehead atoms. The zero-order valence-electron chi connectivity index (χ0n) is 14.2. The summed E-state index contributed by atoms with van der Waals surface area (Å²) in [7, 11) is 0. The van der Waals surface area contributed by atoms with Crippen molar-refractivity contribution >= 4 is 11.6 Å². The average molecular weight is 323 g/mol. The van der Waals surface area contributed by atoms with Crippen LogP contribution in [-0.4, -0.2) is 25.7 Å². The number of hydrogen-bond donors (Lipinski definition) is 2. The van der Waals surface area contributed by atoms with Gasteiger partial charge in [0.1, 0.15) is 0 Å². The van der Waals surface area contributed by atoms with E-state index in [2.05, 4.69) is 53.6 Å². The van der Waals surface area contributed by atoms with Crippen molar-refractivity contribution in [3.05, 3.63) is 65.7 Å². The molecule has 1 aliphatic rings. The molecule has 0 radical (unpaired) electrons. The van der Waals surface area contributed by atoms with Crippen LogP contribution in [0.2, 0.25) is 0 Å². The van der Waals surface area contributed by atoms with Gasteiger partial charge in [0.05, 0.1) is 6.54 Å². The minimum Gasteiger partial charge on any atom is -0.381 e. The molecule has 4 heteroatoms. The normalized spacial score (nSPS) is 17.5. The molecule has 4 nitrogen and oxygen atoms in total. The van der Waals surface area contributed by atoms with Gasteiger partial charge in [-0.1, -0.05) is 48.0 Å². The first-order valence-corrected chi connectivity index (χ1v) is 8.45. The van der Waals surface area contributed by atoms with E-state index in [4.69, 9.17) is 10.5 Å². The van der Waals surface area contributed by atoms with Crippen molar-refractivity contribution in [2.45, 2.75) is 25.2 Å². The predicted molar refractivity (Wildman–Crippen MR) is 99.5 cm³/mol. The Morgan fingerprint density at radius 3 is 2.42 bits per heavy atom. The van der Waals surface area contributed by atoms with Crippen LogP contribution in [0, 0.1) is 6.92 Å². The third kappa shape index (κ3) is 3.95. The van der Waals surface area contributed by atoms with Crippen molar-refractivity contribution < 1.29 is 4.74 Å². The molecule has 2 aromatic rings. The van der Waals surface area contributed by atoms with Gasteiger partial charge < -0.3 is 15.8 Å². The Bertz CT molecular complexity index is 674. The van der Waals surface area contributed by atoms with Crippen molar-refractivity contribution in [1.29, 1.82) is 0 Å². The Kier molecular flexibility index (Phi) is 5.16. The summed E-state index contributed by atoms with van der Waals surface area (Å²) in [6.45, 7) is 4.28. The van der Waals surface area contributed by atoms with Crippen LogP contribution in [0.1, 0.15) is 24.0 Å². The van der Waals surface area contributed by atoms with E-state index in [9.17, 15) is 0 Å². The summed E-state index contributed by atoms with van der Waals surface area (Å²) < 4.78 is 5.56. The van der Waals surface area contributed by atoms with Crippen molar-refractivity contribution in [1.82, 2.24) is 0 Å². The molecule has 2 aromatic carbocycles. The summed E-state index contributed by atoms with van der Waals surface area (Å²) in [6.07, 6.45) is 1.94. The van der Waals surface area contributed by atoms with Gasteiger partial charge in [-0.15, -0.1) is 0 Å². The van der Waals surface area contributed by atoms with Crippen LogP contribution in [0.5, 0.6) is 0 Å². The summed E-state index contributed by atoms with van der Waals surface area (Å²) in [4.78, 5) is 4.64. The van der Waals surface area contributed by atoms with E-state index in [1.165, 1.54) is 11.1 Å². The number of guanidine groups is 1. The number of rotatable bonds is 4. The van der Waals surface area contributed by atoms with Crippen LogP contribution in [0.3, 0.4) is 0 Å². The highest BCUT2D eigenvalue weighted by Crippen LogP contribution is 2.35.